The number of nitrogens with two attached hydrogens (primary N) is 1. The van der Waals surface area contributed by atoms with Crippen LogP contribution in [0, 0.1) is 0 Å². The summed E-state index contributed by atoms with van der Waals surface area (Å²) < 4.78 is 5.12. The van der Waals surface area contributed by atoms with Crippen molar-refractivity contribution in [3.8, 4) is 0 Å². The van der Waals surface area contributed by atoms with E-state index in [9.17, 15) is 0 Å². The topological polar surface area (TPSA) is 47.3 Å². The van der Waals surface area contributed by atoms with E-state index in [-0.39, 0.29) is 5.54 Å². The Morgan fingerprint density at radius 3 is 2.79 bits per heavy atom. The highest BCUT2D eigenvalue weighted by atomic mass is 32.1. The number of methoxy groups -OCH3 is 1. The third kappa shape index (κ3) is 3.29. The van der Waals surface area contributed by atoms with E-state index in [1.807, 2.05) is 11.4 Å². The molecule has 1 aromatic rings. The monoisotopic (exact) mass is 214 g/mol. The van der Waals surface area contributed by atoms with Gasteiger partial charge in [0.25, 0.3) is 0 Å². The number of hydrogen-bond donors (Lipinski definition) is 2. The number of nitrogen functional groups attached to an aromatic ring is 1. The molecule has 0 atom stereocenters. The first kappa shape index (κ1) is 11.5. The van der Waals surface area contributed by atoms with Gasteiger partial charge in [0.15, 0.2) is 0 Å². The zero-order chi connectivity index (χ0) is 10.6. The fourth-order valence-corrected chi connectivity index (χ4v) is 1.96. The van der Waals surface area contributed by atoms with Crippen LogP contribution in [0.15, 0.2) is 11.4 Å². The van der Waals surface area contributed by atoms with Crippen LogP contribution in [0.5, 0.6) is 0 Å². The molecular formula is C10H18N2OS. The molecule has 0 amide bonds. The fraction of sp³-hybridized carbons (Fsp3) is 0.600. The molecule has 3 nitrogen and oxygen atoms in total. The van der Waals surface area contributed by atoms with Gasteiger partial charge in [0.05, 0.1) is 6.61 Å². The van der Waals surface area contributed by atoms with Crippen molar-refractivity contribution in [2.24, 2.45) is 0 Å². The maximum absolute atomic E-state index is 5.78. The molecule has 0 unspecified atom stereocenters. The first-order chi connectivity index (χ1) is 6.55. The summed E-state index contributed by atoms with van der Waals surface area (Å²) in [6, 6.07) is 1.94. The molecule has 14 heavy (non-hydrogen) atoms. The van der Waals surface area contributed by atoms with Crippen molar-refractivity contribution >= 4 is 17.0 Å². The van der Waals surface area contributed by atoms with E-state index in [1.165, 1.54) is 4.88 Å². The highest BCUT2D eigenvalue weighted by Crippen LogP contribution is 2.19. The Balaban J connectivity index is 2.44. The highest BCUT2D eigenvalue weighted by Gasteiger charge is 2.16. The Bertz CT molecular complexity index is 283. The molecule has 80 valence electrons. The molecule has 1 rings (SSSR count). The van der Waals surface area contributed by atoms with E-state index in [2.05, 4.69) is 19.2 Å². The fourth-order valence-electron chi connectivity index (χ4n) is 1.23. The van der Waals surface area contributed by atoms with E-state index < -0.39 is 0 Å². The Kier molecular flexibility index (Phi) is 3.92. The van der Waals surface area contributed by atoms with Gasteiger partial charge in [-0.1, -0.05) is 0 Å². The average molecular weight is 214 g/mol. The van der Waals surface area contributed by atoms with E-state index in [0.717, 1.165) is 12.2 Å². The number of rotatable bonds is 5. The lowest BCUT2D eigenvalue weighted by Gasteiger charge is -2.25. The molecule has 0 aliphatic carbocycles. The molecule has 1 aromatic heterocycles. The Hall–Kier alpha value is -0.580. The molecule has 0 aliphatic rings. The Labute approximate surface area is 89.3 Å². The van der Waals surface area contributed by atoms with Gasteiger partial charge in [-0.3, -0.25) is 0 Å². The molecule has 0 spiro atoms. The minimum Gasteiger partial charge on any atom is -0.398 e. The van der Waals surface area contributed by atoms with E-state index in [1.54, 1.807) is 18.4 Å². The van der Waals surface area contributed by atoms with Crippen molar-refractivity contribution in [3.63, 3.8) is 0 Å². The molecule has 3 N–H and O–H groups in total. The van der Waals surface area contributed by atoms with Gasteiger partial charge in [-0.25, -0.2) is 0 Å². The molecule has 0 aliphatic heterocycles. The van der Waals surface area contributed by atoms with Crippen molar-refractivity contribution in [1.82, 2.24) is 5.32 Å². The lowest BCUT2D eigenvalue weighted by Crippen LogP contribution is -2.42. The third-order valence-electron chi connectivity index (χ3n) is 2.01. The minimum absolute atomic E-state index is 0.00875. The van der Waals surface area contributed by atoms with Crippen molar-refractivity contribution in [2.45, 2.75) is 25.9 Å². The van der Waals surface area contributed by atoms with Gasteiger partial charge < -0.3 is 15.8 Å². The Morgan fingerprint density at radius 2 is 2.29 bits per heavy atom. The quantitative estimate of drug-likeness (QED) is 0.786. The van der Waals surface area contributed by atoms with Crippen molar-refractivity contribution in [1.29, 1.82) is 0 Å². The second-order valence-corrected chi connectivity index (χ2v) is 4.97. The zero-order valence-electron chi connectivity index (χ0n) is 8.96. The van der Waals surface area contributed by atoms with Gasteiger partial charge in [0.2, 0.25) is 0 Å². The predicted molar refractivity (Wildman–Crippen MR) is 61.5 cm³/mol. The van der Waals surface area contributed by atoms with Crippen LogP contribution < -0.4 is 11.1 Å². The zero-order valence-corrected chi connectivity index (χ0v) is 9.78. The lowest BCUT2D eigenvalue weighted by atomic mass is 10.1. The molecular weight excluding hydrogens is 196 g/mol. The average Bonchev–Trinajstić information content (AvgIpc) is 2.48. The van der Waals surface area contributed by atoms with Crippen molar-refractivity contribution in [2.75, 3.05) is 19.5 Å². The van der Waals surface area contributed by atoms with E-state index >= 15 is 0 Å². The van der Waals surface area contributed by atoms with Gasteiger partial charge in [-0.05, 0) is 25.3 Å². The minimum atomic E-state index is -0.00875. The molecule has 0 radical (unpaired) electrons. The van der Waals surface area contributed by atoms with Crippen molar-refractivity contribution in [3.05, 3.63) is 16.3 Å². The molecule has 1 heterocycles. The van der Waals surface area contributed by atoms with Crippen LogP contribution in [0.25, 0.3) is 0 Å². The number of nitrogens with one attached hydrogen (secondary N) is 1. The van der Waals surface area contributed by atoms with Crippen LogP contribution in [0.3, 0.4) is 0 Å². The molecule has 0 aromatic carbocycles. The number of anilines is 1. The summed E-state index contributed by atoms with van der Waals surface area (Å²) in [6.45, 7) is 5.72. The van der Waals surface area contributed by atoms with Crippen LogP contribution >= 0.6 is 11.3 Å². The first-order valence-corrected chi connectivity index (χ1v) is 5.49. The summed E-state index contributed by atoms with van der Waals surface area (Å²) in [4.78, 5) is 1.19. The van der Waals surface area contributed by atoms with Crippen LogP contribution in [0.4, 0.5) is 5.69 Å². The normalized spacial score (nSPS) is 11.9. The van der Waals surface area contributed by atoms with Crippen LogP contribution in [-0.4, -0.2) is 19.3 Å². The number of ether oxygens (including phenoxy) is 1. The lowest BCUT2D eigenvalue weighted by molar-refractivity contribution is 0.128. The first-order valence-electron chi connectivity index (χ1n) is 4.61. The van der Waals surface area contributed by atoms with Gasteiger partial charge in [0.1, 0.15) is 0 Å². The second-order valence-electron chi connectivity index (χ2n) is 3.97. The van der Waals surface area contributed by atoms with Gasteiger partial charge in [-0.15, -0.1) is 11.3 Å². The largest absolute Gasteiger partial charge is 0.398 e. The van der Waals surface area contributed by atoms with Gasteiger partial charge in [0, 0.05) is 29.8 Å². The molecule has 4 heteroatoms. The summed E-state index contributed by atoms with van der Waals surface area (Å²) in [5.41, 5.74) is 6.65. The standard InChI is InChI=1S/C10H18N2OS/c1-10(2,7-13-3)12-6-9-8(11)4-5-14-9/h4-5,12H,6-7,11H2,1-3H3. The summed E-state index contributed by atoms with van der Waals surface area (Å²) >= 11 is 1.68. The van der Waals surface area contributed by atoms with Crippen LogP contribution in [-0.2, 0) is 11.3 Å². The maximum Gasteiger partial charge on any atom is 0.0639 e. The third-order valence-corrected chi connectivity index (χ3v) is 2.95. The van der Waals surface area contributed by atoms with E-state index in [4.69, 9.17) is 10.5 Å². The predicted octanol–water partition coefficient (Wildman–Crippen LogP) is 1.84. The number of thiophene rings is 1. The number of hydrogen-bond acceptors (Lipinski definition) is 4. The second kappa shape index (κ2) is 4.77. The molecule has 0 saturated carbocycles. The molecule has 0 fully saturated rings. The highest BCUT2D eigenvalue weighted by molar-refractivity contribution is 7.10. The van der Waals surface area contributed by atoms with Gasteiger partial charge >= 0.3 is 0 Å². The molecule has 0 bridgehead atoms. The summed E-state index contributed by atoms with van der Waals surface area (Å²) in [6.07, 6.45) is 0. The molecule has 0 saturated heterocycles. The summed E-state index contributed by atoms with van der Waals surface area (Å²) in [7, 11) is 1.71. The summed E-state index contributed by atoms with van der Waals surface area (Å²) in [5, 5.41) is 5.42. The Morgan fingerprint density at radius 1 is 1.57 bits per heavy atom. The van der Waals surface area contributed by atoms with E-state index in [0.29, 0.717) is 6.61 Å². The SMILES string of the molecule is COCC(C)(C)NCc1sccc1N. The van der Waals surface area contributed by atoms with Crippen molar-refractivity contribution < 1.29 is 4.74 Å². The maximum atomic E-state index is 5.78. The van der Waals surface area contributed by atoms with Crippen LogP contribution in [0.2, 0.25) is 0 Å². The van der Waals surface area contributed by atoms with Crippen LogP contribution in [0.1, 0.15) is 18.7 Å². The summed E-state index contributed by atoms with van der Waals surface area (Å²) in [5.74, 6) is 0. The van der Waals surface area contributed by atoms with Gasteiger partial charge in [-0.2, -0.15) is 0 Å². The smallest absolute Gasteiger partial charge is 0.0639 e.